The first kappa shape index (κ1) is 14.7. The predicted molar refractivity (Wildman–Crippen MR) is 64.8 cm³/mol. The van der Waals surface area contributed by atoms with Crippen LogP contribution >= 0.6 is 0 Å². The van der Waals surface area contributed by atoms with Crippen LogP contribution in [0.25, 0.3) is 0 Å². The Labute approximate surface area is 112 Å². The predicted octanol–water partition coefficient (Wildman–Crippen LogP) is 2.03. The van der Waals surface area contributed by atoms with Gasteiger partial charge in [0, 0.05) is 13.1 Å². The van der Waals surface area contributed by atoms with Crippen molar-refractivity contribution in [1.82, 2.24) is 4.90 Å². The molecule has 0 spiro atoms. The summed E-state index contributed by atoms with van der Waals surface area (Å²) < 4.78 is 34.3. The molecule has 2 aliphatic heterocycles. The van der Waals surface area contributed by atoms with Gasteiger partial charge in [0.25, 0.3) is 0 Å². The van der Waals surface area contributed by atoms with E-state index in [9.17, 15) is 13.6 Å². The summed E-state index contributed by atoms with van der Waals surface area (Å²) in [5, 5.41) is 0. The maximum absolute atomic E-state index is 12.4. The first-order valence-electron chi connectivity index (χ1n) is 6.53. The van der Waals surface area contributed by atoms with Crippen LogP contribution in [0.2, 0.25) is 0 Å². The fourth-order valence-corrected chi connectivity index (χ4v) is 3.02. The largest absolute Gasteiger partial charge is 0.369 e. The number of nitrogens with zero attached hydrogens (tertiary/aromatic N) is 1. The lowest BCUT2D eigenvalue weighted by Crippen LogP contribution is -2.58. The van der Waals surface area contributed by atoms with Gasteiger partial charge in [0.05, 0.1) is 23.2 Å². The Morgan fingerprint density at radius 2 is 1.89 bits per heavy atom. The molecule has 0 aromatic carbocycles. The number of hydrogen-bond donors (Lipinski definition) is 0. The molecule has 2 aliphatic rings. The number of alkyl halides is 2. The number of rotatable bonds is 3. The van der Waals surface area contributed by atoms with Crippen LogP contribution in [0.3, 0.4) is 0 Å². The lowest BCUT2D eigenvalue weighted by molar-refractivity contribution is -0.201. The van der Waals surface area contributed by atoms with Crippen LogP contribution in [-0.4, -0.2) is 47.8 Å². The molecule has 2 saturated heterocycles. The molecule has 0 saturated carbocycles. The lowest BCUT2D eigenvalue weighted by atomic mass is 9.85. The molecule has 0 aromatic rings. The molecule has 0 aliphatic carbocycles. The minimum Gasteiger partial charge on any atom is -0.369 e. The number of ether oxygens (including phenoxy) is 2. The molecule has 0 radical (unpaired) electrons. The average Bonchev–Trinajstić information content (AvgIpc) is 2.38. The molecule has 2 heterocycles. The Bertz CT molecular complexity index is 365. The molecule has 2 fully saturated rings. The average molecular weight is 277 g/mol. The Morgan fingerprint density at radius 1 is 1.32 bits per heavy atom. The van der Waals surface area contributed by atoms with Crippen molar-refractivity contribution in [3.05, 3.63) is 0 Å². The van der Waals surface area contributed by atoms with Crippen LogP contribution in [-0.2, 0) is 14.3 Å². The van der Waals surface area contributed by atoms with Crippen LogP contribution in [0.4, 0.5) is 8.78 Å². The van der Waals surface area contributed by atoms with Crippen molar-refractivity contribution in [2.24, 2.45) is 5.92 Å². The molecule has 0 aromatic heterocycles. The van der Waals surface area contributed by atoms with Crippen LogP contribution in [0, 0.1) is 5.92 Å². The first-order chi connectivity index (χ1) is 8.61. The highest BCUT2D eigenvalue weighted by Crippen LogP contribution is 2.43. The molecule has 4 nitrogen and oxygen atoms in total. The molecule has 1 amide bonds. The number of halogens is 2. The molecule has 0 bridgehead atoms. The van der Waals surface area contributed by atoms with Crippen molar-refractivity contribution < 1.29 is 23.0 Å². The van der Waals surface area contributed by atoms with E-state index in [0.29, 0.717) is 6.42 Å². The normalized spacial score (nSPS) is 29.6. The van der Waals surface area contributed by atoms with E-state index >= 15 is 0 Å². The summed E-state index contributed by atoms with van der Waals surface area (Å²) in [5.74, 6) is -0.250. The van der Waals surface area contributed by atoms with Crippen LogP contribution in [0.5, 0.6) is 0 Å². The van der Waals surface area contributed by atoms with Crippen molar-refractivity contribution in [3.8, 4) is 0 Å². The highest BCUT2D eigenvalue weighted by Gasteiger charge is 2.51. The number of likely N-dealkylation sites (tertiary alicyclic amines) is 1. The molecular formula is C13H21F2NO3. The second-order valence-corrected chi connectivity index (χ2v) is 6.48. The van der Waals surface area contributed by atoms with E-state index in [-0.39, 0.29) is 30.5 Å². The summed E-state index contributed by atoms with van der Waals surface area (Å²) in [4.78, 5) is 13.9. The molecular weight excluding hydrogens is 256 g/mol. The summed E-state index contributed by atoms with van der Waals surface area (Å²) >= 11 is 0. The van der Waals surface area contributed by atoms with Gasteiger partial charge in [-0.25, -0.2) is 0 Å². The summed E-state index contributed by atoms with van der Waals surface area (Å²) in [7, 11) is 0. The fraction of sp³-hybridized carbons (Fsp3) is 0.923. The second kappa shape index (κ2) is 4.66. The smallest absolute Gasteiger partial charge is 0.345 e. The number of carbonyl (C=O) groups is 1. The second-order valence-electron chi connectivity index (χ2n) is 6.48. The van der Waals surface area contributed by atoms with E-state index in [1.165, 1.54) is 0 Å². The fourth-order valence-electron chi connectivity index (χ4n) is 3.02. The summed E-state index contributed by atoms with van der Waals surface area (Å²) in [6.45, 7) is 5.44. The minimum absolute atomic E-state index is 0.0234. The first-order valence-corrected chi connectivity index (χ1v) is 6.53. The van der Waals surface area contributed by atoms with Gasteiger partial charge in [-0.2, -0.15) is 8.78 Å². The molecule has 6 heteroatoms. The number of carbonyl (C=O) groups excluding carboxylic acids is 1. The van der Waals surface area contributed by atoms with E-state index in [4.69, 9.17) is 4.74 Å². The topological polar surface area (TPSA) is 38.8 Å². The van der Waals surface area contributed by atoms with Gasteiger partial charge in [-0.15, -0.1) is 0 Å². The molecule has 110 valence electrons. The minimum atomic E-state index is -2.77. The van der Waals surface area contributed by atoms with Crippen LogP contribution in [0.1, 0.15) is 34.1 Å². The third-order valence-electron chi connectivity index (χ3n) is 3.83. The Kier molecular flexibility index (Phi) is 3.60. The number of amides is 1. The summed E-state index contributed by atoms with van der Waals surface area (Å²) in [6.07, 6.45) is 0.109. The van der Waals surface area contributed by atoms with Gasteiger partial charge in [0.1, 0.15) is 0 Å². The standard InChI is InChI=1S/C13H21F2NO3/c1-12(2)5-9(13(3,4)19-12)10(17)16-6-8(7-16)18-11(14)15/h8-9,11H,5-7H2,1-4H3. The van der Waals surface area contributed by atoms with E-state index in [1.807, 2.05) is 27.7 Å². The van der Waals surface area contributed by atoms with Gasteiger partial charge in [-0.1, -0.05) is 0 Å². The third-order valence-corrected chi connectivity index (χ3v) is 3.83. The zero-order chi connectivity index (χ0) is 14.4. The molecule has 1 unspecified atom stereocenters. The summed E-state index contributed by atoms with van der Waals surface area (Å²) in [6, 6.07) is 0. The molecule has 1 atom stereocenters. The maximum Gasteiger partial charge on any atom is 0.345 e. The third kappa shape index (κ3) is 3.05. The monoisotopic (exact) mass is 277 g/mol. The van der Waals surface area contributed by atoms with Crippen molar-refractivity contribution in [1.29, 1.82) is 0 Å². The maximum atomic E-state index is 12.4. The molecule has 19 heavy (non-hydrogen) atoms. The van der Waals surface area contributed by atoms with E-state index in [2.05, 4.69) is 4.74 Å². The van der Waals surface area contributed by atoms with Crippen LogP contribution in [0.15, 0.2) is 0 Å². The van der Waals surface area contributed by atoms with Gasteiger partial charge in [0.2, 0.25) is 5.91 Å². The Hall–Kier alpha value is -0.750. The van der Waals surface area contributed by atoms with Crippen LogP contribution < -0.4 is 0 Å². The van der Waals surface area contributed by atoms with Crippen molar-refractivity contribution in [3.63, 3.8) is 0 Å². The Morgan fingerprint density at radius 3 is 2.32 bits per heavy atom. The SMILES string of the molecule is CC1(C)CC(C(=O)N2CC(OC(F)F)C2)C(C)(C)O1. The molecule has 0 N–H and O–H groups in total. The zero-order valence-electron chi connectivity index (χ0n) is 11.8. The van der Waals surface area contributed by atoms with E-state index in [0.717, 1.165) is 0 Å². The zero-order valence-corrected chi connectivity index (χ0v) is 11.8. The van der Waals surface area contributed by atoms with Gasteiger partial charge < -0.3 is 14.4 Å². The van der Waals surface area contributed by atoms with E-state index in [1.54, 1.807) is 4.90 Å². The van der Waals surface area contributed by atoms with Crippen molar-refractivity contribution in [2.45, 2.75) is 58.0 Å². The highest BCUT2D eigenvalue weighted by molar-refractivity contribution is 5.81. The van der Waals surface area contributed by atoms with E-state index < -0.39 is 18.3 Å². The van der Waals surface area contributed by atoms with Crippen molar-refractivity contribution in [2.75, 3.05) is 13.1 Å². The van der Waals surface area contributed by atoms with Gasteiger partial charge in [0.15, 0.2) is 0 Å². The number of hydrogen-bond acceptors (Lipinski definition) is 3. The van der Waals surface area contributed by atoms with Crippen molar-refractivity contribution >= 4 is 5.91 Å². The quantitative estimate of drug-likeness (QED) is 0.792. The van der Waals surface area contributed by atoms with Gasteiger partial charge in [-0.3, -0.25) is 4.79 Å². The summed E-state index contributed by atoms with van der Waals surface area (Å²) in [5.41, 5.74) is -0.844. The highest BCUT2D eigenvalue weighted by atomic mass is 19.3. The van der Waals surface area contributed by atoms with Gasteiger partial charge in [-0.05, 0) is 34.1 Å². The van der Waals surface area contributed by atoms with Gasteiger partial charge >= 0.3 is 6.61 Å². The Balaban J connectivity index is 1.92. The lowest BCUT2D eigenvalue weighted by Gasteiger charge is -2.41. The molecule has 2 rings (SSSR count).